The summed E-state index contributed by atoms with van der Waals surface area (Å²) in [6, 6.07) is 9.19. The number of carbonyl (C=O) groups excluding carboxylic acids is 1. The summed E-state index contributed by atoms with van der Waals surface area (Å²) in [6.07, 6.45) is 7.32. The van der Waals surface area contributed by atoms with Crippen molar-refractivity contribution >= 4 is 5.78 Å². The molecular weight excluding hydrogens is 306 g/mol. The van der Waals surface area contributed by atoms with Crippen LogP contribution in [0.25, 0.3) is 0 Å². The van der Waals surface area contributed by atoms with E-state index < -0.39 is 0 Å². The number of ketones is 1. The lowest BCUT2D eigenvalue weighted by Gasteiger charge is -2.62. The van der Waals surface area contributed by atoms with Gasteiger partial charge in [0, 0.05) is 11.0 Å². The fourth-order valence-corrected chi connectivity index (χ4v) is 6.37. The maximum Gasteiger partial charge on any atom is 0.152 e. The van der Waals surface area contributed by atoms with E-state index in [2.05, 4.69) is 57.3 Å². The molecule has 1 N–H and O–H groups in total. The van der Waals surface area contributed by atoms with Crippen molar-refractivity contribution in [1.29, 1.82) is 0 Å². The standard InChI is InChI=1S/C23H33NO/c1-16-5-7-19(8-6-16)22-10-17-9-18(11-22)13-23(12-17,15-22)20(25)14-24-21(2,3)4/h5-8,17-18,24H,9-15H2,1-4H3. The van der Waals surface area contributed by atoms with E-state index in [9.17, 15) is 4.79 Å². The highest BCUT2D eigenvalue weighted by Crippen LogP contribution is 2.65. The summed E-state index contributed by atoms with van der Waals surface area (Å²) in [4.78, 5) is 13.3. The molecule has 0 saturated heterocycles. The quantitative estimate of drug-likeness (QED) is 0.854. The second kappa shape index (κ2) is 5.67. The fraction of sp³-hybridized carbons (Fsp3) is 0.696. The van der Waals surface area contributed by atoms with Crippen LogP contribution in [0.4, 0.5) is 0 Å². The predicted molar refractivity (Wildman–Crippen MR) is 103 cm³/mol. The van der Waals surface area contributed by atoms with E-state index in [1.807, 2.05) is 0 Å². The molecule has 4 aliphatic carbocycles. The Balaban J connectivity index is 1.63. The van der Waals surface area contributed by atoms with Crippen molar-refractivity contribution in [3.05, 3.63) is 35.4 Å². The molecule has 4 bridgehead atoms. The van der Waals surface area contributed by atoms with E-state index in [-0.39, 0.29) is 16.4 Å². The molecule has 4 fully saturated rings. The third kappa shape index (κ3) is 3.07. The molecule has 4 saturated carbocycles. The normalized spacial score (nSPS) is 36.6. The number of Topliss-reactive ketones (excluding diaryl/α,β-unsaturated/α-hetero) is 1. The van der Waals surface area contributed by atoms with Gasteiger partial charge in [0.05, 0.1) is 6.54 Å². The first kappa shape index (κ1) is 17.3. The van der Waals surface area contributed by atoms with Gasteiger partial charge in [-0.3, -0.25) is 4.79 Å². The van der Waals surface area contributed by atoms with E-state index in [0.717, 1.165) is 31.1 Å². The van der Waals surface area contributed by atoms with Crippen molar-refractivity contribution in [2.24, 2.45) is 17.3 Å². The monoisotopic (exact) mass is 339 g/mol. The maximum atomic E-state index is 13.3. The summed E-state index contributed by atoms with van der Waals surface area (Å²) >= 11 is 0. The zero-order valence-corrected chi connectivity index (χ0v) is 16.3. The average molecular weight is 340 g/mol. The van der Waals surface area contributed by atoms with Gasteiger partial charge in [0.1, 0.15) is 0 Å². The molecule has 1 aromatic rings. The summed E-state index contributed by atoms with van der Waals surface area (Å²) in [5, 5.41) is 3.46. The Morgan fingerprint density at radius 3 is 2.24 bits per heavy atom. The third-order valence-corrected chi connectivity index (χ3v) is 7.10. The number of nitrogens with one attached hydrogen (secondary N) is 1. The van der Waals surface area contributed by atoms with Gasteiger partial charge in [-0.1, -0.05) is 29.8 Å². The highest BCUT2D eigenvalue weighted by Gasteiger charge is 2.60. The van der Waals surface area contributed by atoms with Crippen LogP contribution in [0.2, 0.25) is 0 Å². The van der Waals surface area contributed by atoms with Crippen LogP contribution in [0.3, 0.4) is 0 Å². The van der Waals surface area contributed by atoms with E-state index in [1.165, 1.54) is 30.4 Å². The first-order chi connectivity index (χ1) is 11.7. The molecule has 0 spiro atoms. The SMILES string of the molecule is Cc1ccc(C23CC4CC(CC(C(=O)CNC(C)(C)C)(C4)C2)C3)cc1. The summed E-state index contributed by atoms with van der Waals surface area (Å²) in [5.74, 6) is 1.98. The molecule has 2 atom stereocenters. The van der Waals surface area contributed by atoms with E-state index in [4.69, 9.17) is 0 Å². The van der Waals surface area contributed by atoms with Crippen LogP contribution in [0.1, 0.15) is 70.4 Å². The van der Waals surface area contributed by atoms with Crippen molar-refractivity contribution in [3.63, 3.8) is 0 Å². The van der Waals surface area contributed by atoms with Crippen LogP contribution in [-0.4, -0.2) is 17.9 Å². The van der Waals surface area contributed by atoms with Gasteiger partial charge in [-0.15, -0.1) is 0 Å². The van der Waals surface area contributed by atoms with Crippen molar-refractivity contribution < 1.29 is 4.79 Å². The number of hydrogen-bond acceptors (Lipinski definition) is 2. The molecule has 0 aromatic heterocycles. The molecule has 4 aliphatic rings. The molecule has 0 radical (unpaired) electrons. The lowest BCUT2D eigenvalue weighted by Crippen LogP contribution is -2.58. The maximum absolute atomic E-state index is 13.3. The minimum absolute atomic E-state index is 0.00655. The van der Waals surface area contributed by atoms with Gasteiger partial charge in [-0.25, -0.2) is 0 Å². The first-order valence-corrected chi connectivity index (χ1v) is 10.1. The number of carbonyl (C=O) groups is 1. The lowest BCUT2D eigenvalue weighted by atomic mass is 9.42. The Morgan fingerprint density at radius 2 is 1.68 bits per heavy atom. The number of hydrogen-bond donors (Lipinski definition) is 1. The largest absolute Gasteiger partial charge is 0.305 e. The molecule has 0 aliphatic heterocycles. The Labute approximate surface area is 152 Å². The average Bonchev–Trinajstić information content (AvgIpc) is 2.51. The van der Waals surface area contributed by atoms with Gasteiger partial charge in [-0.2, -0.15) is 0 Å². The van der Waals surface area contributed by atoms with Crippen LogP contribution in [-0.2, 0) is 10.2 Å². The van der Waals surface area contributed by atoms with Gasteiger partial charge in [-0.05, 0) is 89.0 Å². The predicted octanol–water partition coefficient (Wildman–Crippen LogP) is 4.79. The molecule has 25 heavy (non-hydrogen) atoms. The Hall–Kier alpha value is -1.15. The highest BCUT2D eigenvalue weighted by molar-refractivity contribution is 5.87. The summed E-state index contributed by atoms with van der Waals surface area (Å²) in [6.45, 7) is 9.13. The van der Waals surface area contributed by atoms with Crippen LogP contribution in [0.5, 0.6) is 0 Å². The number of aryl methyl sites for hydroxylation is 1. The third-order valence-electron chi connectivity index (χ3n) is 7.10. The summed E-state index contributed by atoms with van der Waals surface area (Å²) in [7, 11) is 0. The molecule has 136 valence electrons. The minimum atomic E-state index is -0.0623. The van der Waals surface area contributed by atoms with Gasteiger partial charge >= 0.3 is 0 Å². The lowest BCUT2D eigenvalue weighted by molar-refractivity contribution is -0.146. The zero-order chi connectivity index (χ0) is 17.9. The Bertz CT molecular complexity index is 652. The van der Waals surface area contributed by atoms with Crippen LogP contribution >= 0.6 is 0 Å². The van der Waals surface area contributed by atoms with Crippen LogP contribution in [0.15, 0.2) is 24.3 Å². The van der Waals surface area contributed by atoms with E-state index in [1.54, 1.807) is 0 Å². The van der Waals surface area contributed by atoms with Gasteiger partial charge < -0.3 is 5.32 Å². The minimum Gasteiger partial charge on any atom is -0.305 e. The van der Waals surface area contributed by atoms with Crippen molar-refractivity contribution in [2.75, 3.05) is 6.54 Å². The molecule has 1 aromatic carbocycles. The van der Waals surface area contributed by atoms with Gasteiger partial charge in [0.2, 0.25) is 0 Å². The van der Waals surface area contributed by atoms with Crippen molar-refractivity contribution in [1.82, 2.24) is 5.32 Å². The zero-order valence-electron chi connectivity index (χ0n) is 16.3. The molecule has 5 rings (SSSR count). The Morgan fingerprint density at radius 1 is 1.08 bits per heavy atom. The van der Waals surface area contributed by atoms with E-state index >= 15 is 0 Å². The van der Waals surface area contributed by atoms with Crippen LogP contribution in [0, 0.1) is 24.2 Å². The molecule has 0 heterocycles. The van der Waals surface area contributed by atoms with Crippen molar-refractivity contribution in [2.45, 2.75) is 77.2 Å². The highest BCUT2D eigenvalue weighted by atomic mass is 16.1. The summed E-state index contributed by atoms with van der Waals surface area (Å²) < 4.78 is 0. The molecule has 2 unspecified atom stereocenters. The van der Waals surface area contributed by atoms with E-state index in [0.29, 0.717) is 12.3 Å². The van der Waals surface area contributed by atoms with Crippen molar-refractivity contribution in [3.8, 4) is 0 Å². The smallest absolute Gasteiger partial charge is 0.152 e. The topological polar surface area (TPSA) is 29.1 Å². The molecule has 2 nitrogen and oxygen atoms in total. The van der Waals surface area contributed by atoms with Gasteiger partial charge in [0.15, 0.2) is 5.78 Å². The van der Waals surface area contributed by atoms with Crippen LogP contribution < -0.4 is 5.32 Å². The molecule has 2 heteroatoms. The second-order valence-electron chi connectivity index (χ2n) is 10.4. The number of benzene rings is 1. The number of rotatable bonds is 4. The van der Waals surface area contributed by atoms with Gasteiger partial charge in [0.25, 0.3) is 0 Å². The second-order valence-corrected chi connectivity index (χ2v) is 10.4. The Kier molecular flexibility index (Phi) is 3.92. The summed E-state index contributed by atoms with van der Waals surface area (Å²) in [5.41, 5.74) is 3.02. The first-order valence-electron chi connectivity index (χ1n) is 10.1. The molecule has 0 amide bonds. The molecular formula is C23H33NO. The fourth-order valence-electron chi connectivity index (χ4n) is 6.37.